The molecule has 0 saturated heterocycles. The molecule has 4 heteroatoms. The number of amides is 1. The highest BCUT2D eigenvalue weighted by atomic mass is 16.1. The Balaban J connectivity index is 1.55. The van der Waals surface area contributed by atoms with Crippen LogP contribution in [0.15, 0.2) is 73.1 Å². The molecule has 0 radical (unpaired) electrons. The lowest BCUT2D eigenvalue weighted by molar-refractivity contribution is 0.0823. The van der Waals surface area contributed by atoms with Gasteiger partial charge >= 0.3 is 0 Å². The summed E-state index contributed by atoms with van der Waals surface area (Å²) in [5.41, 5.74) is 2.48. The van der Waals surface area contributed by atoms with E-state index >= 15 is 0 Å². The second-order valence-electron chi connectivity index (χ2n) is 6.26. The predicted molar refractivity (Wildman–Crippen MR) is 93.0 cm³/mol. The fraction of sp³-hybridized carbons (Fsp3) is 0.200. The Kier molecular flexibility index (Phi) is 3.65. The van der Waals surface area contributed by atoms with Crippen LogP contribution in [0.25, 0.3) is 5.69 Å². The molecule has 3 aromatic rings. The summed E-state index contributed by atoms with van der Waals surface area (Å²) >= 11 is 0. The third-order valence-electron chi connectivity index (χ3n) is 4.75. The lowest BCUT2D eigenvalue weighted by Crippen LogP contribution is -2.50. The Hall–Kier alpha value is -2.88. The molecule has 2 aromatic carbocycles. The van der Waals surface area contributed by atoms with E-state index in [9.17, 15) is 4.79 Å². The number of carbonyl (C=O) groups is 1. The van der Waals surface area contributed by atoms with Crippen LogP contribution in [0.4, 0.5) is 0 Å². The average molecular weight is 317 g/mol. The van der Waals surface area contributed by atoms with Crippen LogP contribution in [0, 0.1) is 0 Å². The summed E-state index contributed by atoms with van der Waals surface area (Å²) in [7, 11) is 0. The van der Waals surface area contributed by atoms with Gasteiger partial charge in [0.15, 0.2) is 0 Å². The normalized spacial score (nSPS) is 15.5. The van der Waals surface area contributed by atoms with Crippen molar-refractivity contribution < 1.29 is 4.79 Å². The van der Waals surface area contributed by atoms with Crippen molar-refractivity contribution in [1.29, 1.82) is 0 Å². The van der Waals surface area contributed by atoms with E-state index in [4.69, 9.17) is 0 Å². The Morgan fingerprint density at radius 1 is 1.00 bits per heavy atom. The molecule has 1 aliphatic rings. The third kappa shape index (κ3) is 2.60. The summed E-state index contributed by atoms with van der Waals surface area (Å²) in [5, 5.41) is 7.54. The first-order chi connectivity index (χ1) is 11.8. The van der Waals surface area contributed by atoms with Crippen molar-refractivity contribution in [1.82, 2.24) is 15.1 Å². The number of nitrogens with one attached hydrogen (secondary N) is 1. The maximum absolute atomic E-state index is 12.7. The summed E-state index contributed by atoms with van der Waals surface area (Å²) in [4.78, 5) is 12.7. The smallest absolute Gasteiger partial charge is 0.255 e. The Morgan fingerprint density at radius 2 is 1.67 bits per heavy atom. The van der Waals surface area contributed by atoms with Gasteiger partial charge in [-0.2, -0.15) is 5.10 Å². The van der Waals surface area contributed by atoms with Crippen LogP contribution in [-0.4, -0.2) is 15.7 Å². The summed E-state index contributed by atoms with van der Waals surface area (Å²) < 4.78 is 1.73. The van der Waals surface area contributed by atoms with Crippen molar-refractivity contribution in [3.05, 3.63) is 84.2 Å². The van der Waals surface area contributed by atoms with Crippen LogP contribution in [0.2, 0.25) is 0 Å². The van der Waals surface area contributed by atoms with Gasteiger partial charge < -0.3 is 5.32 Å². The van der Waals surface area contributed by atoms with Crippen molar-refractivity contribution in [2.75, 3.05) is 0 Å². The molecule has 0 bridgehead atoms. The molecular formula is C20H19N3O. The van der Waals surface area contributed by atoms with Gasteiger partial charge in [0.05, 0.1) is 23.0 Å². The zero-order valence-electron chi connectivity index (χ0n) is 13.4. The number of aromatic nitrogens is 2. The molecule has 1 heterocycles. The van der Waals surface area contributed by atoms with E-state index in [1.54, 1.807) is 17.1 Å². The van der Waals surface area contributed by atoms with Gasteiger partial charge in [-0.25, -0.2) is 4.68 Å². The molecule has 4 rings (SSSR count). The van der Waals surface area contributed by atoms with Crippen molar-refractivity contribution in [2.45, 2.75) is 24.8 Å². The number of benzene rings is 2. The van der Waals surface area contributed by atoms with Gasteiger partial charge in [-0.3, -0.25) is 4.79 Å². The summed E-state index contributed by atoms with van der Waals surface area (Å²) in [5.74, 6) is -0.0688. The second-order valence-corrected chi connectivity index (χ2v) is 6.26. The Labute approximate surface area is 141 Å². The van der Waals surface area contributed by atoms with Gasteiger partial charge in [-0.1, -0.05) is 48.5 Å². The molecule has 0 unspecified atom stereocenters. The topological polar surface area (TPSA) is 46.9 Å². The van der Waals surface area contributed by atoms with Crippen LogP contribution in [0.3, 0.4) is 0 Å². The number of nitrogens with zero attached hydrogens (tertiary/aromatic N) is 2. The van der Waals surface area contributed by atoms with Crippen molar-refractivity contribution in [3.8, 4) is 5.69 Å². The van der Waals surface area contributed by atoms with Crippen LogP contribution >= 0.6 is 0 Å². The van der Waals surface area contributed by atoms with E-state index in [1.807, 2.05) is 48.5 Å². The largest absolute Gasteiger partial charge is 0.342 e. The van der Waals surface area contributed by atoms with E-state index in [-0.39, 0.29) is 11.4 Å². The van der Waals surface area contributed by atoms with Gasteiger partial charge in [-0.05, 0) is 37.0 Å². The van der Waals surface area contributed by atoms with Crippen LogP contribution in [0.5, 0.6) is 0 Å². The Bertz CT molecular complexity index is 836. The first kappa shape index (κ1) is 14.7. The highest BCUT2D eigenvalue weighted by Crippen LogP contribution is 2.41. The molecule has 4 nitrogen and oxygen atoms in total. The minimum Gasteiger partial charge on any atom is -0.342 e. The lowest BCUT2D eigenvalue weighted by atomic mass is 9.71. The predicted octanol–water partition coefficient (Wildman–Crippen LogP) is 3.68. The highest BCUT2D eigenvalue weighted by molar-refractivity contribution is 5.94. The summed E-state index contributed by atoms with van der Waals surface area (Å²) in [6.45, 7) is 0. The molecule has 1 aromatic heterocycles. The fourth-order valence-corrected chi connectivity index (χ4v) is 3.22. The zero-order valence-corrected chi connectivity index (χ0v) is 13.4. The molecule has 0 aliphatic heterocycles. The molecule has 1 saturated carbocycles. The molecule has 1 aliphatic carbocycles. The quantitative estimate of drug-likeness (QED) is 0.798. The number of hydrogen-bond donors (Lipinski definition) is 1. The van der Waals surface area contributed by atoms with Crippen molar-refractivity contribution in [2.24, 2.45) is 0 Å². The molecule has 24 heavy (non-hydrogen) atoms. The maximum atomic E-state index is 12.7. The molecule has 120 valence electrons. The number of para-hydroxylation sites is 1. The third-order valence-corrected chi connectivity index (χ3v) is 4.75. The van der Waals surface area contributed by atoms with E-state index in [0.29, 0.717) is 5.56 Å². The molecule has 1 N–H and O–H groups in total. The van der Waals surface area contributed by atoms with Crippen LogP contribution < -0.4 is 5.32 Å². The summed E-state index contributed by atoms with van der Waals surface area (Å²) in [6, 6.07) is 20.0. The SMILES string of the molecule is O=C(NC1(c2ccccc2)CCC1)c1cnn(-c2ccccc2)c1. The van der Waals surface area contributed by atoms with Gasteiger partial charge in [-0.15, -0.1) is 0 Å². The summed E-state index contributed by atoms with van der Waals surface area (Å²) in [6.07, 6.45) is 6.51. The van der Waals surface area contributed by atoms with Gasteiger partial charge in [0.1, 0.15) is 0 Å². The van der Waals surface area contributed by atoms with Crippen LogP contribution in [-0.2, 0) is 5.54 Å². The molecular weight excluding hydrogens is 298 g/mol. The minimum atomic E-state index is -0.229. The van der Waals surface area contributed by atoms with Crippen LogP contribution in [0.1, 0.15) is 35.2 Å². The van der Waals surface area contributed by atoms with Gasteiger partial charge in [0.25, 0.3) is 5.91 Å². The highest BCUT2D eigenvalue weighted by Gasteiger charge is 2.40. The van der Waals surface area contributed by atoms with E-state index in [0.717, 1.165) is 24.9 Å². The number of hydrogen-bond acceptors (Lipinski definition) is 2. The van der Waals surface area contributed by atoms with Crippen molar-refractivity contribution in [3.63, 3.8) is 0 Å². The lowest BCUT2D eigenvalue weighted by Gasteiger charge is -2.43. The first-order valence-corrected chi connectivity index (χ1v) is 8.25. The van der Waals surface area contributed by atoms with E-state index < -0.39 is 0 Å². The van der Waals surface area contributed by atoms with E-state index in [2.05, 4.69) is 22.5 Å². The second kappa shape index (κ2) is 5.96. The first-order valence-electron chi connectivity index (χ1n) is 8.25. The van der Waals surface area contributed by atoms with E-state index in [1.165, 1.54) is 5.56 Å². The standard InChI is InChI=1S/C20H19N3O/c24-19(16-14-21-23(15-16)18-10-5-2-6-11-18)22-20(12-7-13-20)17-8-3-1-4-9-17/h1-6,8-11,14-15H,7,12-13H2,(H,22,24). The molecule has 1 amide bonds. The monoisotopic (exact) mass is 317 g/mol. The fourth-order valence-electron chi connectivity index (χ4n) is 3.22. The molecule has 1 fully saturated rings. The minimum absolute atomic E-state index is 0.0688. The van der Waals surface area contributed by atoms with Gasteiger partial charge in [0, 0.05) is 6.20 Å². The zero-order chi connectivity index (χ0) is 16.4. The number of carbonyl (C=O) groups excluding carboxylic acids is 1. The van der Waals surface area contributed by atoms with Crippen molar-refractivity contribution >= 4 is 5.91 Å². The average Bonchev–Trinajstić information content (AvgIpc) is 3.10. The number of rotatable bonds is 4. The molecule has 0 atom stereocenters. The Morgan fingerprint density at radius 3 is 2.29 bits per heavy atom. The molecule has 0 spiro atoms. The van der Waals surface area contributed by atoms with Gasteiger partial charge in [0.2, 0.25) is 0 Å². The maximum Gasteiger partial charge on any atom is 0.255 e.